The molecule has 0 aliphatic heterocycles. The molecule has 0 atom stereocenters. The van der Waals surface area contributed by atoms with Crippen LogP contribution in [0.3, 0.4) is 0 Å². The predicted octanol–water partition coefficient (Wildman–Crippen LogP) is 1.15. The number of aromatic amines is 3. The molecule has 0 radical (unpaired) electrons. The number of hydrogen-bond donors (Lipinski definition) is 3. The Labute approximate surface area is 116 Å². The number of benzene rings is 1. The predicted molar refractivity (Wildman–Crippen MR) is 78.1 cm³/mol. The third-order valence-electron chi connectivity index (χ3n) is 3.23. The maximum atomic E-state index is 11.7. The second-order valence-corrected chi connectivity index (χ2v) is 4.61. The highest BCUT2D eigenvalue weighted by Gasteiger charge is 2.10. The summed E-state index contributed by atoms with van der Waals surface area (Å²) in [4.78, 5) is 39.2. The monoisotopic (exact) mass is 279 g/mol. The van der Waals surface area contributed by atoms with E-state index in [2.05, 4.69) is 24.9 Å². The maximum Gasteiger partial charge on any atom is 0.327 e. The van der Waals surface area contributed by atoms with Crippen LogP contribution >= 0.6 is 0 Å². The van der Waals surface area contributed by atoms with Gasteiger partial charge < -0.3 is 4.98 Å². The minimum absolute atomic E-state index is 0.216. The summed E-state index contributed by atoms with van der Waals surface area (Å²) in [5.41, 5.74) is 0.779. The molecule has 3 N–H and O–H groups in total. The second kappa shape index (κ2) is 4.14. The van der Waals surface area contributed by atoms with Gasteiger partial charge in [0.2, 0.25) is 0 Å². The zero-order valence-corrected chi connectivity index (χ0v) is 10.7. The molecule has 0 aliphatic carbocycles. The summed E-state index contributed by atoms with van der Waals surface area (Å²) in [5, 5.41) is 1.02. The molecule has 7 nitrogen and oxygen atoms in total. The number of imidazole rings is 1. The lowest BCUT2D eigenvalue weighted by atomic mass is 10.2. The number of nitrogens with one attached hydrogen (secondary N) is 3. The van der Waals surface area contributed by atoms with E-state index in [-0.39, 0.29) is 11.2 Å². The van der Waals surface area contributed by atoms with E-state index in [0.29, 0.717) is 11.5 Å². The van der Waals surface area contributed by atoms with Crippen molar-refractivity contribution in [3.8, 4) is 11.5 Å². The van der Waals surface area contributed by atoms with Crippen LogP contribution in [0.4, 0.5) is 0 Å². The Morgan fingerprint density at radius 1 is 0.857 bits per heavy atom. The van der Waals surface area contributed by atoms with Gasteiger partial charge in [-0.15, -0.1) is 0 Å². The van der Waals surface area contributed by atoms with Gasteiger partial charge in [-0.3, -0.25) is 14.8 Å². The SMILES string of the molecule is O=c1[nH]c(=O)c2[nH]c(-c3ccc4ccccc4n3)nc2[nH]1. The van der Waals surface area contributed by atoms with Crippen LogP contribution in [0.5, 0.6) is 0 Å². The van der Waals surface area contributed by atoms with Gasteiger partial charge in [-0.05, 0) is 12.1 Å². The first-order valence-corrected chi connectivity index (χ1v) is 6.29. The molecule has 1 aromatic carbocycles. The van der Waals surface area contributed by atoms with Gasteiger partial charge in [-0.2, -0.15) is 0 Å². The van der Waals surface area contributed by atoms with Crippen LogP contribution < -0.4 is 11.2 Å². The van der Waals surface area contributed by atoms with Crippen molar-refractivity contribution < 1.29 is 0 Å². The van der Waals surface area contributed by atoms with E-state index in [1.54, 1.807) is 0 Å². The molecule has 7 heteroatoms. The molecule has 0 aliphatic rings. The molecular formula is C14H9N5O2. The molecule has 0 saturated carbocycles. The fourth-order valence-corrected chi connectivity index (χ4v) is 2.25. The Morgan fingerprint density at radius 2 is 1.71 bits per heavy atom. The minimum atomic E-state index is -0.586. The summed E-state index contributed by atoms with van der Waals surface area (Å²) in [6.07, 6.45) is 0. The first-order valence-electron chi connectivity index (χ1n) is 6.29. The molecule has 4 rings (SSSR count). The fourth-order valence-electron chi connectivity index (χ4n) is 2.25. The topological polar surface area (TPSA) is 107 Å². The summed E-state index contributed by atoms with van der Waals surface area (Å²) in [7, 11) is 0. The van der Waals surface area contributed by atoms with Crippen LogP contribution in [0.15, 0.2) is 46.0 Å². The third kappa shape index (κ3) is 1.83. The lowest BCUT2D eigenvalue weighted by molar-refractivity contribution is 1.07. The van der Waals surface area contributed by atoms with Crippen molar-refractivity contribution in [1.29, 1.82) is 0 Å². The van der Waals surface area contributed by atoms with Crippen molar-refractivity contribution >= 4 is 22.1 Å². The molecular weight excluding hydrogens is 270 g/mol. The van der Waals surface area contributed by atoms with Gasteiger partial charge in [0.1, 0.15) is 11.2 Å². The lowest BCUT2D eigenvalue weighted by Crippen LogP contribution is -2.21. The van der Waals surface area contributed by atoms with E-state index in [1.807, 2.05) is 36.4 Å². The normalized spacial score (nSPS) is 11.2. The van der Waals surface area contributed by atoms with Crippen LogP contribution in [-0.2, 0) is 0 Å². The molecule has 0 fully saturated rings. The van der Waals surface area contributed by atoms with Gasteiger partial charge in [-0.25, -0.2) is 14.8 Å². The Bertz CT molecular complexity index is 1090. The minimum Gasteiger partial charge on any atom is -0.331 e. The molecule has 3 aromatic heterocycles. The molecule has 0 saturated heterocycles. The van der Waals surface area contributed by atoms with Crippen LogP contribution in [0.25, 0.3) is 33.6 Å². The number of nitrogens with zero attached hydrogens (tertiary/aromatic N) is 2. The van der Waals surface area contributed by atoms with Crippen LogP contribution in [-0.4, -0.2) is 24.9 Å². The summed E-state index contributed by atoms with van der Waals surface area (Å²) in [6.45, 7) is 0. The maximum absolute atomic E-state index is 11.7. The van der Waals surface area contributed by atoms with E-state index >= 15 is 0 Å². The molecule has 0 amide bonds. The van der Waals surface area contributed by atoms with Crippen LogP contribution in [0.1, 0.15) is 0 Å². The standard InChI is InChI=1S/C14H9N5O2/c20-13-10-12(18-14(21)19-13)17-11(16-10)9-6-5-7-3-1-2-4-8(7)15-9/h1-6H,(H3,16,17,18,19,20,21). The molecule has 4 aromatic rings. The van der Waals surface area contributed by atoms with Crippen molar-refractivity contribution in [2.24, 2.45) is 0 Å². The van der Waals surface area contributed by atoms with Gasteiger partial charge in [-0.1, -0.05) is 24.3 Å². The zero-order valence-electron chi connectivity index (χ0n) is 10.7. The summed E-state index contributed by atoms with van der Waals surface area (Å²) >= 11 is 0. The largest absolute Gasteiger partial charge is 0.331 e. The van der Waals surface area contributed by atoms with Gasteiger partial charge >= 0.3 is 5.69 Å². The van der Waals surface area contributed by atoms with Crippen LogP contribution in [0, 0.1) is 0 Å². The molecule has 0 spiro atoms. The van der Waals surface area contributed by atoms with Crippen molar-refractivity contribution in [2.75, 3.05) is 0 Å². The summed E-state index contributed by atoms with van der Waals surface area (Å²) in [5.74, 6) is 0.433. The number of rotatable bonds is 1. The lowest BCUT2D eigenvalue weighted by Gasteiger charge is -1.99. The van der Waals surface area contributed by atoms with Crippen molar-refractivity contribution in [1.82, 2.24) is 24.9 Å². The number of para-hydroxylation sites is 1. The Morgan fingerprint density at radius 3 is 2.62 bits per heavy atom. The van der Waals surface area contributed by atoms with Gasteiger partial charge in [0.15, 0.2) is 11.5 Å². The third-order valence-corrected chi connectivity index (χ3v) is 3.23. The number of aromatic nitrogens is 5. The zero-order chi connectivity index (χ0) is 14.4. The smallest absolute Gasteiger partial charge is 0.327 e. The molecule has 0 unspecified atom stereocenters. The van der Waals surface area contributed by atoms with Gasteiger partial charge in [0, 0.05) is 5.39 Å². The van der Waals surface area contributed by atoms with E-state index in [0.717, 1.165) is 10.9 Å². The Hall–Kier alpha value is -3.22. The number of fused-ring (bicyclic) bond motifs is 2. The summed E-state index contributed by atoms with van der Waals surface area (Å²) in [6, 6.07) is 11.4. The molecule has 3 heterocycles. The highest BCUT2D eigenvalue weighted by Crippen LogP contribution is 2.19. The van der Waals surface area contributed by atoms with Crippen molar-refractivity contribution in [2.45, 2.75) is 0 Å². The number of pyridine rings is 1. The van der Waals surface area contributed by atoms with E-state index in [4.69, 9.17) is 0 Å². The first-order chi connectivity index (χ1) is 10.2. The van der Waals surface area contributed by atoms with Crippen molar-refractivity contribution in [3.05, 3.63) is 57.2 Å². The van der Waals surface area contributed by atoms with Crippen LogP contribution in [0.2, 0.25) is 0 Å². The number of H-pyrrole nitrogens is 3. The quantitative estimate of drug-likeness (QED) is 0.486. The number of hydrogen-bond acceptors (Lipinski definition) is 4. The average molecular weight is 279 g/mol. The van der Waals surface area contributed by atoms with E-state index in [9.17, 15) is 9.59 Å². The molecule has 102 valence electrons. The first kappa shape index (κ1) is 11.6. The Kier molecular flexibility index (Phi) is 2.28. The molecule has 0 bridgehead atoms. The average Bonchev–Trinajstić information content (AvgIpc) is 2.91. The Balaban J connectivity index is 1.97. The van der Waals surface area contributed by atoms with Gasteiger partial charge in [0.05, 0.1) is 5.52 Å². The van der Waals surface area contributed by atoms with E-state index in [1.165, 1.54) is 0 Å². The highest BCUT2D eigenvalue weighted by molar-refractivity contribution is 5.81. The fraction of sp³-hybridized carbons (Fsp3) is 0. The second-order valence-electron chi connectivity index (χ2n) is 4.61. The van der Waals surface area contributed by atoms with E-state index < -0.39 is 11.2 Å². The van der Waals surface area contributed by atoms with Crippen molar-refractivity contribution in [3.63, 3.8) is 0 Å². The summed E-state index contributed by atoms with van der Waals surface area (Å²) < 4.78 is 0. The highest BCUT2D eigenvalue weighted by atomic mass is 16.2. The molecule has 21 heavy (non-hydrogen) atoms. The van der Waals surface area contributed by atoms with Gasteiger partial charge in [0.25, 0.3) is 5.56 Å².